The maximum absolute atomic E-state index is 13.0. The van der Waals surface area contributed by atoms with Gasteiger partial charge in [-0.2, -0.15) is 0 Å². The highest BCUT2D eigenvalue weighted by Crippen LogP contribution is 2.35. The van der Waals surface area contributed by atoms with Crippen LogP contribution in [0.1, 0.15) is 10.8 Å². The smallest absolute Gasteiger partial charge is 0.235 e. The van der Waals surface area contributed by atoms with Gasteiger partial charge < -0.3 is 10.3 Å². The summed E-state index contributed by atoms with van der Waals surface area (Å²) >= 11 is 1.26. The van der Waals surface area contributed by atoms with Crippen LogP contribution >= 0.6 is 11.8 Å². The molecule has 3 rings (SSSR count). The van der Waals surface area contributed by atoms with Crippen molar-refractivity contribution in [3.05, 3.63) is 59.9 Å². The summed E-state index contributed by atoms with van der Waals surface area (Å²) in [5.74, 6) is -0.830. The Morgan fingerprint density at radius 1 is 1.23 bits per heavy atom. The maximum Gasteiger partial charge on any atom is 0.235 e. The van der Waals surface area contributed by atoms with Crippen LogP contribution in [0.3, 0.4) is 0 Å². The molecular weight excluding hydrogens is 301 g/mol. The van der Waals surface area contributed by atoms with E-state index in [4.69, 9.17) is 5.73 Å². The molecule has 0 saturated heterocycles. The normalized spacial score (nSPS) is 12.5. The fourth-order valence-electron chi connectivity index (χ4n) is 2.26. The van der Waals surface area contributed by atoms with Gasteiger partial charge in [0.2, 0.25) is 5.91 Å². The number of amides is 1. The van der Waals surface area contributed by atoms with E-state index in [2.05, 4.69) is 4.98 Å². The number of rotatable bonds is 4. The van der Waals surface area contributed by atoms with Gasteiger partial charge in [0.05, 0.1) is 11.0 Å². The molecule has 0 radical (unpaired) electrons. The van der Waals surface area contributed by atoms with Gasteiger partial charge in [0.25, 0.3) is 0 Å². The van der Waals surface area contributed by atoms with Crippen molar-refractivity contribution in [3.8, 4) is 0 Å². The summed E-state index contributed by atoms with van der Waals surface area (Å²) in [7, 11) is 1.89. The number of nitrogens with two attached hydrogens (primary N) is 1. The van der Waals surface area contributed by atoms with E-state index in [0.717, 1.165) is 11.0 Å². The lowest BCUT2D eigenvalue weighted by molar-refractivity contribution is -0.117. The quantitative estimate of drug-likeness (QED) is 0.753. The largest absolute Gasteiger partial charge is 0.368 e. The Morgan fingerprint density at radius 2 is 1.91 bits per heavy atom. The van der Waals surface area contributed by atoms with Crippen molar-refractivity contribution in [2.75, 3.05) is 0 Å². The summed E-state index contributed by atoms with van der Waals surface area (Å²) in [6.45, 7) is 0. The van der Waals surface area contributed by atoms with Crippen molar-refractivity contribution in [2.45, 2.75) is 10.4 Å². The topological polar surface area (TPSA) is 60.9 Å². The number of halogens is 1. The van der Waals surface area contributed by atoms with Gasteiger partial charge in [-0.15, -0.1) is 0 Å². The van der Waals surface area contributed by atoms with E-state index < -0.39 is 11.2 Å². The number of nitrogens with zero attached hydrogens (tertiary/aromatic N) is 2. The molecular formula is C16H14FN3OS. The number of aromatic nitrogens is 2. The minimum atomic E-state index is -0.615. The minimum absolute atomic E-state index is 0.347. The fraction of sp³-hybridized carbons (Fsp3) is 0.125. The molecule has 0 saturated carbocycles. The highest BCUT2D eigenvalue weighted by atomic mass is 32.2. The number of fused-ring (bicyclic) bond motifs is 1. The lowest BCUT2D eigenvalue weighted by atomic mass is 10.1. The van der Waals surface area contributed by atoms with Crippen LogP contribution < -0.4 is 5.73 Å². The molecule has 0 bridgehead atoms. The Balaban J connectivity index is 1.98. The second-order valence-electron chi connectivity index (χ2n) is 4.89. The van der Waals surface area contributed by atoms with Crippen molar-refractivity contribution in [2.24, 2.45) is 12.8 Å². The molecule has 0 aliphatic rings. The number of para-hydroxylation sites is 2. The third-order valence-electron chi connectivity index (χ3n) is 3.40. The molecule has 6 heteroatoms. The van der Waals surface area contributed by atoms with Crippen LogP contribution in [-0.2, 0) is 11.8 Å². The van der Waals surface area contributed by atoms with E-state index in [0.29, 0.717) is 10.7 Å². The summed E-state index contributed by atoms with van der Waals surface area (Å²) in [5, 5.41) is 0.0745. The third kappa shape index (κ3) is 2.69. The molecule has 112 valence electrons. The average Bonchev–Trinajstić information content (AvgIpc) is 2.82. The van der Waals surface area contributed by atoms with E-state index in [1.807, 2.05) is 35.9 Å². The number of hydrogen-bond acceptors (Lipinski definition) is 3. The van der Waals surface area contributed by atoms with Crippen molar-refractivity contribution in [1.29, 1.82) is 0 Å². The van der Waals surface area contributed by atoms with Crippen molar-refractivity contribution < 1.29 is 9.18 Å². The lowest BCUT2D eigenvalue weighted by Crippen LogP contribution is -2.19. The van der Waals surface area contributed by atoms with Crippen LogP contribution in [0.2, 0.25) is 0 Å². The number of thioether (sulfide) groups is 1. The molecule has 1 aromatic heterocycles. The van der Waals surface area contributed by atoms with Crippen LogP contribution in [0.25, 0.3) is 11.0 Å². The van der Waals surface area contributed by atoms with Gasteiger partial charge in [-0.3, -0.25) is 4.79 Å². The van der Waals surface area contributed by atoms with Crippen molar-refractivity contribution in [1.82, 2.24) is 9.55 Å². The van der Waals surface area contributed by atoms with E-state index in [1.54, 1.807) is 12.1 Å². The van der Waals surface area contributed by atoms with Gasteiger partial charge in [0.1, 0.15) is 11.1 Å². The standard InChI is InChI=1S/C16H14FN3OS/c1-20-13-5-3-2-4-12(13)19-16(20)22-14(15(18)21)10-6-8-11(17)9-7-10/h2-9,14H,1H3,(H2,18,21)/t14-/m0/s1. The van der Waals surface area contributed by atoms with Gasteiger partial charge in [-0.1, -0.05) is 36.0 Å². The van der Waals surface area contributed by atoms with Crippen molar-refractivity contribution in [3.63, 3.8) is 0 Å². The SMILES string of the molecule is Cn1c(S[C@H](C(N)=O)c2ccc(F)cc2)nc2ccccc21. The summed E-state index contributed by atoms with van der Waals surface area (Å²) in [4.78, 5) is 16.3. The number of aryl methyl sites for hydroxylation is 1. The van der Waals surface area contributed by atoms with Crippen LogP contribution in [0.4, 0.5) is 4.39 Å². The average molecular weight is 315 g/mol. The van der Waals surface area contributed by atoms with E-state index in [1.165, 1.54) is 23.9 Å². The van der Waals surface area contributed by atoms with Crippen LogP contribution in [0.5, 0.6) is 0 Å². The molecule has 0 unspecified atom stereocenters. The number of carbonyl (C=O) groups is 1. The Hall–Kier alpha value is -2.34. The summed E-state index contributed by atoms with van der Waals surface area (Å²) in [5.41, 5.74) is 8.00. The van der Waals surface area contributed by atoms with Gasteiger partial charge in [-0.05, 0) is 29.8 Å². The molecule has 4 nitrogen and oxygen atoms in total. The van der Waals surface area contributed by atoms with Crippen LogP contribution in [-0.4, -0.2) is 15.5 Å². The molecule has 0 fully saturated rings. The molecule has 1 atom stereocenters. The molecule has 0 aliphatic carbocycles. The number of benzene rings is 2. The molecule has 0 spiro atoms. The summed E-state index contributed by atoms with van der Waals surface area (Å²) in [6.07, 6.45) is 0. The molecule has 3 aromatic rings. The lowest BCUT2D eigenvalue weighted by Gasteiger charge is -2.13. The Morgan fingerprint density at radius 3 is 2.55 bits per heavy atom. The third-order valence-corrected chi connectivity index (χ3v) is 4.72. The van der Waals surface area contributed by atoms with Gasteiger partial charge in [0.15, 0.2) is 5.16 Å². The fourth-order valence-corrected chi connectivity index (χ4v) is 3.29. The van der Waals surface area contributed by atoms with E-state index in [-0.39, 0.29) is 5.82 Å². The Kier molecular flexibility index (Phi) is 3.85. The van der Waals surface area contributed by atoms with Gasteiger partial charge in [0, 0.05) is 7.05 Å². The van der Waals surface area contributed by atoms with Crippen LogP contribution in [0, 0.1) is 5.82 Å². The Labute approximate surface area is 131 Å². The second kappa shape index (κ2) is 5.81. The number of carbonyl (C=O) groups excluding carboxylic acids is 1. The number of primary amides is 1. The van der Waals surface area contributed by atoms with E-state index in [9.17, 15) is 9.18 Å². The number of imidazole rings is 1. The van der Waals surface area contributed by atoms with Crippen molar-refractivity contribution >= 4 is 28.7 Å². The molecule has 1 amide bonds. The first-order valence-electron chi connectivity index (χ1n) is 6.69. The Bertz CT molecular complexity index is 829. The highest BCUT2D eigenvalue weighted by Gasteiger charge is 2.22. The first-order chi connectivity index (χ1) is 10.6. The molecule has 2 aromatic carbocycles. The molecule has 0 aliphatic heterocycles. The number of hydrogen-bond donors (Lipinski definition) is 1. The first kappa shape index (κ1) is 14.6. The van der Waals surface area contributed by atoms with Crippen LogP contribution in [0.15, 0.2) is 53.7 Å². The maximum atomic E-state index is 13.0. The molecule has 2 N–H and O–H groups in total. The predicted octanol–water partition coefficient (Wildman–Crippen LogP) is 3.03. The minimum Gasteiger partial charge on any atom is -0.368 e. The van der Waals surface area contributed by atoms with Gasteiger partial charge in [-0.25, -0.2) is 9.37 Å². The molecule has 1 heterocycles. The zero-order valence-electron chi connectivity index (χ0n) is 11.9. The highest BCUT2D eigenvalue weighted by molar-refractivity contribution is 8.00. The second-order valence-corrected chi connectivity index (χ2v) is 5.97. The first-order valence-corrected chi connectivity index (χ1v) is 7.57. The molecule has 22 heavy (non-hydrogen) atoms. The zero-order chi connectivity index (χ0) is 15.7. The zero-order valence-corrected chi connectivity index (χ0v) is 12.7. The van der Waals surface area contributed by atoms with Gasteiger partial charge >= 0.3 is 0 Å². The van der Waals surface area contributed by atoms with E-state index >= 15 is 0 Å². The predicted molar refractivity (Wildman–Crippen MR) is 84.9 cm³/mol. The summed E-state index contributed by atoms with van der Waals surface area (Å²) < 4.78 is 15.0. The summed E-state index contributed by atoms with van der Waals surface area (Å²) in [6, 6.07) is 13.5. The monoisotopic (exact) mass is 315 g/mol.